The van der Waals surface area contributed by atoms with Gasteiger partial charge in [0.15, 0.2) is 0 Å². The molecule has 1 unspecified atom stereocenters. The molecule has 0 aromatic heterocycles. The van der Waals surface area contributed by atoms with E-state index in [1.54, 1.807) is 0 Å². The Bertz CT molecular complexity index is 623. The second-order valence-corrected chi connectivity index (χ2v) is 7.99. The van der Waals surface area contributed by atoms with Crippen molar-refractivity contribution in [2.45, 2.75) is 36.6 Å². The first kappa shape index (κ1) is 18.6. The Balaban J connectivity index is 0.00000192. The molecule has 3 rings (SSSR count). The molecule has 1 atom stereocenters. The Morgan fingerprint density at radius 1 is 1.04 bits per heavy atom. The third kappa shape index (κ3) is 4.02. The standard InChI is InChI=1S/C15H20F2N2O2S.ClH/c16-12-8-13(17)10-14(9-12)22(20,21)19-6-3-11(4-7-19)15-2-1-5-18-15;/h8-11,15,18H,1-7H2;1H. The van der Waals surface area contributed by atoms with Gasteiger partial charge < -0.3 is 5.32 Å². The van der Waals surface area contributed by atoms with Gasteiger partial charge in [-0.15, -0.1) is 12.4 Å². The highest BCUT2D eigenvalue weighted by Gasteiger charge is 2.33. The number of nitrogens with zero attached hydrogens (tertiary/aromatic N) is 1. The molecule has 2 heterocycles. The quantitative estimate of drug-likeness (QED) is 0.894. The summed E-state index contributed by atoms with van der Waals surface area (Å²) in [7, 11) is -3.82. The molecule has 0 radical (unpaired) electrons. The van der Waals surface area contributed by atoms with E-state index in [0.717, 1.165) is 37.9 Å². The first-order valence-electron chi connectivity index (χ1n) is 7.66. The van der Waals surface area contributed by atoms with Crippen molar-refractivity contribution in [2.24, 2.45) is 5.92 Å². The van der Waals surface area contributed by atoms with Crippen molar-refractivity contribution < 1.29 is 17.2 Å². The molecular weight excluding hydrogens is 346 g/mol. The summed E-state index contributed by atoms with van der Waals surface area (Å²) >= 11 is 0. The number of nitrogens with one attached hydrogen (secondary N) is 1. The molecular formula is C15H21ClF2N2O2S. The van der Waals surface area contributed by atoms with E-state index in [2.05, 4.69) is 5.32 Å². The maximum atomic E-state index is 13.3. The molecule has 2 aliphatic rings. The minimum Gasteiger partial charge on any atom is -0.314 e. The van der Waals surface area contributed by atoms with Gasteiger partial charge in [0.25, 0.3) is 0 Å². The van der Waals surface area contributed by atoms with Gasteiger partial charge in [0, 0.05) is 25.2 Å². The molecule has 0 saturated carbocycles. The first-order chi connectivity index (χ1) is 10.5. The number of rotatable bonds is 3. The van der Waals surface area contributed by atoms with E-state index in [1.807, 2.05) is 0 Å². The lowest BCUT2D eigenvalue weighted by molar-refractivity contribution is 0.234. The van der Waals surface area contributed by atoms with Crippen LogP contribution >= 0.6 is 12.4 Å². The zero-order valence-electron chi connectivity index (χ0n) is 12.7. The molecule has 2 aliphatic heterocycles. The molecule has 2 saturated heterocycles. The fraction of sp³-hybridized carbons (Fsp3) is 0.600. The number of sulfonamides is 1. The van der Waals surface area contributed by atoms with Crippen LogP contribution in [0.4, 0.5) is 8.78 Å². The van der Waals surface area contributed by atoms with E-state index in [-0.39, 0.29) is 17.3 Å². The van der Waals surface area contributed by atoms with Gasteiger partial charge in [0.2, 0.25) is 10.0 Å². The molecule has 0 amide bonds. The zero-order chi connectivity index (χ0) is 15.7. The van der Waals surface area contributed by atoms with Crippen LogP contribution in [0, 0.1) is 17.6 Å². The van der Waals surface area contributed by atoms with Gasteiger partial charge in [-0.1, -0.05) is 0 Å². The normalized spacial score (nSPS) is 23.7. The lowest BCUT2D eigenvalue weighted by atomic mass is 9.89. The number of piperidine rings is 1. The maximum Gasteiger partial charge on any atom is 0.243 e. The van der Waals surface area contributed by atoms with E-state index in [9.17, 15) is 17.2 Å². The van der Waals surface area contributed by atoms with Crippen LogP contribution in [0.2, 0.25) is 0 Å². The van der Waals surface area contributed by atoms with Crippen LogP contribution in [0.25, 0.3) is 0 Å². The van der Waals surface area contributed by atoms with E-state index in [4.69, 9.17) is 0 Å². The highest BCUT2D eigenvalue weighted by molar-refractivity contribution is 7.89. The summed E-state index contributed by atoms with van der Waals surface area (Å²) in [6.45, 7) is 1.85. The third-order valence-electron chi connectivity index (χ3n) is 4.64. The summed E-state index contributed by atoms with van der Waals surface area (Å²) in [5, 5.41) is 3.46. The molecule has 2 fully saturated rings. The largest absolute Gasteiger partial charge is 0.314 e. The topological polar surface area (TPSA) is 49.4 Å². The summed E-state index contributed by atoms with van der Waals surface area (Å²) in [4.78, 5) is -0.303. The Morgan fingerprint density at radius 2 is 1.65 bits per heavy atom. The SMILES string of the molecule is Cl.O=S(=O)(c1cc(F)cc(F)c1)N1CCC(C2CCCN2)CC1. The van der Waals surface area contributed by atoms with Crippen molar-refractivity contribution in [2.75, 3.05) is 19.6 Å². The minimum atomic E-state index is -3.82. The smallest absolute Gasteiger partial charge is 0.243 e. The van der Waals surface area contributed by atoms with Gasteiger partial charge in [-0.3, -0.25) is 0 Å². The second kappa shape index (κ2) is 7.42. The van der Waals surface area contributed by atoms with E-state index < -0.39 is 21.7 Å². The minimum absolute atomic E-state index is 0. The molecule has 0 spiro atoms. The number of benzene rings is 1. The van der Waals surface area contributed by atoms with Crippen molar-refractivity contribution in [3.8, 4) is 0 Å². The highest BCUT2D eigenvalue weighted by Crippen LogP contribution is 2.29. The summed E-state index contributed by atoms with van der Waals surface area (Å²) in [6.07, 6.45) is 3.89. The van der Waals surface area contributed by atoms with Crippen LogP contribution in [0.3, 0.4) is 0 Å². The average Bonchev–Trinajstić information content (AvgIpc) is 3.00. The van der Waals surface area contributed by atoms with Crippen molar-refractivity contribution in [3.05, 3.63) is 29.8 Å². The van der Waals surface area contributed by atoms with Crippen LogP contribution in [-0.4, -0.2) is 38.4 Å². The van der Waals surface area contributed by atoms with Crippen LogP contribution in [0.5, 0.6) is 0 Å². The Kier molecular flexibility index (Phi) is 5.99. The fourth-order valence-electron chi connectivity index (χ4n) is 3.46. The van der Waals surface area contributed by atoms with Crippen LogP contribution in [0.1, 0.15) is 25.7 Å². The zero-order valence-corrected chi connectivity index (χ0v) is 14.3. The maximum absolute atomic E-state index is 13.3. The lowest BCUT2D eigenvalue weighted by Crippen LogP contribution is -2.43. The van der Waals surface area contributed by atoms with Crippen LogP contribution in [-0.2, 0) is 10.0 Å². The molecule has 1 aromatic carbocycles. The Labute approximate surface area is 141 Å². The average molecular weight is 367 g/mol. The van der Waals surface area contributed by atoms with Crippen molar-refractivity contribution >= 4 is 22.4 Å². The molecule has 130 valence electrons. The van der Waals surface area contributed by atoms with Gasteiger partial charge in [-0.2, -0.15) is 4.31 Å². The monoisotopic (exact) mass is 366 g/mol. The van der Waals surface area contributed by atoms with E-state index in [1.165, 1.54) is 10.7 Å². The first-order valence-corrected chi connectivity index (χ1v) is 9.10. The molecule has 23 heavy (non-hydrogen) atoms. The van der Waals surface area contributed by atoms with Crippen LogP contribution < -0.4 is 5.32 Å². The molecule has 4 nitrogen and oxygen atoms in total. The van der Waals surface area contributed by atoms with Gasteiger partial charge in [0.1, 0.15) is 11.6 Å². The number of halogens is 3. The molecule has 8 heteroatoms. The summed E-state index contributed by atoms with van der Waals surface area (Å²) in [5.74, 6) is -1.26. The molecule has 0 aliphatic carbocycles. The van der Waals surface area contributed by atoms with Crippen LogP contribution in [0.15, 0.2) is 23.1 Å². The Morgan fingerprint density at radius 3 is 2.17 bits per heavy atom. The molecule has 1 aromatic rings. The summed E-state index contributed by atoms with van der Waals surface area (Å²) in [5.41, 5.74) is 0. The summed E-state index contributed by atoms with van der Waals surface area (Å²) in [6, 6.07) is 2.92. The Hall–Kier alpha value is -0.760. The number of hydrogen-bond donors (Lipinski definition) is 1. The lowest BCUT2D eigenvalue weighted by Gasteiger charge is -2.34. The van der Waals surface area contributed by atoms with Gasteiger partial charge >= 0.3 is 0 Å². The van der Waals surface area contributed by atoms with Gasteiger partial charge in [-0.25, -0.2) is 17.2 Å². The fourth-order valence-corrected chi connectivity index (χ4v) is 4.97. The van der Waals surface area contributed by atoms with Gasteiger partial charge in [-0.05, 0) is 50.3 Å². The predicted octanol–water partition coefficient (Wildman–Crippen LogP) is 2.54. The molecule has 0 bridgehead atoms. The van der Waals surface area contributed by atoms with Gasteiger partial charge in [0.05, 0.1) is 4.90 Å². The number of hydrogen-bond acceptors (Lipinski definition) is 3. The highest BCUT2D eigenvalue weighted by atomic mass is 35.5. The van der Waals surface area contributed by atoms with Crippen molar-refractivity contribution in [3.63, 3.8) is 0 Å². The van der Waals surface area contributed by atoms with Crippen molar-refractivity contribution in [1.29, 1.82) is 0 Å². The van der Waals surface area contributed by atoms with E-state index in [0.29, 0.717) is 31.1 Å². The van der Waals surface area contributed by atoms with Crippen molar-refractivity contribution in [1.82, 2.24) is 9.62 Å². The molecule has 1 N–H and O–H groups in total. The summed E-state index contributed by atoms with van der Waals surface area (Å²) < 4.78 is 52.9. The third-order valence-corrected chi connectivity index (χ3v) is 6.52. The second-order valence-electron chi connectivity index (χ2n) is 6.05. The van der Waals surface area contributed by atoms with E-state index >= 15 is 0 Å². The predicted molar refractivity (Wildman–Crippen MR) is 86.1 cm³/mol.